The second kappa shape index (κ2) is 4.28. The van der Waals surface area contributed by atoms with E-state index in [0.29, 0.717) is 19.4 Å². The molecule has 0 aliphatic heterocycles. The highest BCUT2D eigenvalue weighted by atomic mass is 32.2. The highest BCUT2D eigenvalue weighted by Crippen LogP contribution is 2.26. The minimum absolute atomic E-state index is 0.00589. The predicted octanol–water partition coefficient (Wildman–Crippen LogP) is -0.948. The van der Waals surface area contributed by atoms with Gasteiger partial charge in [0.2, 0.25) is 0 Å². The first-order valence-corrected chi connectivity index (χ1v) is 6.83. The zero-order valence-corrected chi connectivity index (χ0v) is 10.3. The lowest BCUT2D eigenvalue weighted by Gasteiger charge is -2.31. The van der Waals surface area contributed by atoms with E-state index in [1.165, 1.54) is 10.9 Å². The summed E-state index contributed by atoms with van der Waals surface area (Å²) in [6.07, 6.45) is 2.36. The van der Waals surface area contributed by atoms with Crippen molar-refractivity contribution in [1.82, 2.24) is 14.3 Å². The van der Waals surface area contributed by atoms with E-state index in [1.807, 2.05) is 0 Å². The van der Waals surface area contributed by atoms with E-state index >= 15 is 0 Å². The minimum Gasteiger partial charge on any atom is -0.393 e. The van der Waals surface area contributed by atoms with Crippen LogP contribution in [0.2, 0.25) is 0 Å². The van der Waals surface area contributed by atoms with Crippen molar-refractivity contribution in [1.29, 1.82) is 0 Å². The monoisotopic (exact) mass is 260 g/mol. The third-order valence-electron chi connectivity index (χ3n) is 2.94. The highest BCUT2D eigenvalue weighted by molar-refractivity contribution is 7.89. The van der Waals surface area contributed by atoms with Crippen molar-refractivity contribution in [3.63, 3.8) is 0 Å². The van der Waals surface area contributed by atoms with Crippen molar-refractivity contribution < 1.29 is 13.5 Å². The Morgan fingerprint density at radius 3 is 2.76 bits per heavy atom. The second-order valence-corrected chi connectivity index (χ2v) is 6.07. The Balaban J connectivity index is 2.04. The molecule has 1 heterocycles. The summed E-state index contributed by atoms with van der Waals surface area (Å²) in [6.45, 7) is 0.323. The molecular formula is C9H16N4O3S. The van der Waals surface area contributed by atoms with Gasteiger partial charge in [0.25, 0.3) is 10.0 Å². The molecule has 17 heavy (non-hydrogen) atoms. The molecule has 2 rings (SSSR count). The molecule has 0 saturated heterocycles. The Morgan fingerprint density at radius 2 is 2.29 bits per heavy atom. The number of hydrogen-bond donors (Lipinski definition) is 3. The molecule has 1 aliphatic rings. The molecule has 1 aliphatic carbocycles. The quantitative estimate of drug-likeness (QED) is 0.646. The molecule has 4 N–H and O–H groups in total. The largest absolute Gasteiger partial charge is 0.393 e. The zero-order valence-electron chi connectivity index (χ0n) is 9.50. The summed E-state index contributed by atoms with van der Waals surface area (Å²) in [7, 11) is -2.05. The van der Waals surface area contributed by atoms with Crippen LogP contribution in [0.1, 0.15) is 12.8 Å². The maximum atomic E-state index is 11.9. The molecule has 0 spiro atoms. The van der Waals surface area contributed by atoms with Crippen LogP contribution in [0, 0.1) is 5.92 Å². The fourth-order valence-electron chi connectivity index (χ4n) is 1.93. The molecule has 0 radical (unpaired) electrons. The van der Waals surface area contributed by atoms with E-state index in [0.717, 1.165) is 0 Å². The molecule has 0 amide bonds. The third-order valence-corrected chi connectivity index (χ3v) is 4.49. The van der Waals surface area contributed by atoms with Crippen molar-refractivity contribution in [2.45, 2.75) is 24.0 Å². The highest BCUT2D eigenvalue weighted by Gasteiger charge is 2.29. The fraction of sp³-hybridized carbons (Fsp3) is 0.667. The summed E-state index contributed by atoms with van der Waals surface area (Å²) in [4.78, 5) is 3.74. The van der Waals surface area contributed by atoms with Crippen LogP contribution in [0.3, 0.4) is 0 Å². The molecule has 0 bridgehead atoms. The normalized spacial score (nSPS) is 24.6. The number of aromatic nitrogens is 2. The van der Waals surface area contributed by atoms with Crippen molar-refractivity contribution >= 4 is 15.8 Å². The van der Waals surface area contributed by atoms with Crippen molar-refractivity contribution in [2.24, 2.45) is 13.0 Å². The smallest absolute Gasteiger partial charge is 0.260 e. The Hall–Kier alpha value is -1.12. The Morgan fingerprint density at radius 1 is 1.65 bits per heavy atom. The third kappa shape index (κ3) is 2.43. The number of nitrogens with two attached hydrogens (primary N) is 1. The van der Waals surface area contributed by atoms with Crippen molar-refractivity contribution in [3.8, 4) is 0 Å². The first-order chi connectivity index (χ1) is 7.90. The number of anilines is 1. The van der Waals surface area contributed by atoms with Crippen LogP contribution in [0.25, 0.3) is 0 Å². The van der Waals surface area contributed by atoms with E-state index in [4.69, 9.17) is 10.8 Å². The number of sulfonamides is 1. The van der Waals surface area contributed by atoms with Gasteiger partial charge >= 0.3 is 0 Å². The number of rotatable bonds is 4. The predicted molar refractivity (Wildman–Crippen MR) is 61.5 cm³/mol. The van der Waals surface area contributed by atoms with Crippen LogP contribution < -0.4 is 10.5 Å². The standard InChI is InChI=1S/C9H16N4O3S/c1-13-5-11-8(10)9(13)17(15,16)12-4-6-2-7(14)3-6/h5-7,12,14H,2-4,10H2,1H3. The Bertz CT molecular complexity index is 485. The van der Waals surface area contributed by atoms with Gasteiger partial charge in [0.1, 0.15) is 0 Å². The van der Waals surface area contributed by atoms with Crippen molar-refractivity contribution in [3.05, 3.63) is 6.33 Å². The molecule has 1 aromatic heterocycles. The van der Waals surface area contributed by atoms with Crippen molar-refractivity contribution in [2.75, 3.05) is 12.3 Å². The number of aliphatic hydroxyl groups excluding tert-OH is 1. The molecule has 0 aromatic carbocycles. The lowest BCUT2D eigenvalue weighted by molar-refractivity contribution is 0.0453. The minimum atomic E-state index is -3.62. The van der Waals surface area contributed by atoms with Crippen LogP contribution in [0.4, 0.5) is 5.82 Å². The molecule has 96 valence electrons. The first kappa shape index (κ1) is 12.3. The van der Waals surface area contributed by atoms with Gasteiger partial charge in [-0.15, -0.1) is 0 Å². The summed E-state index contributed by atoms with van der Waals surface area (Å²) in [6, 6.07) is 0. The van der Waals surface area contributed by atoms with Gasteiger partial charge in [0, 0.05) is 13.6 Å². The summed E-state index contributed by atoms with van der Waals surface area (Å²) >= 11 is 0. The number of nitrogen functional groups attached to an aromatic ring is 1. The fourth-order valence-corrected chi connectivity index (χ4v) is 3.27. The van der Waals surface area contributed by atoms with Crippen LogP contribution in [-0.2, 0) is 17.1 Å². The molecule has 7 nitrogen and oxygen atoms in total. The second-order valence-electron chi connectivity index (χ2n) is 4.39. The zero-order chi connectivity index (χ0) is 12.6. The van der Waals surface area contributed by atoms with Gasteiger partial charge in [-0.3, -0.25) is 0 Å². The van der Waals surface area contributed by atoms with Gasteiger partial charge in [0.15, 0.2) is 10.8 Å². The topological polar surface area (TPSA) is 110 Å². The maximum absolute atomic E-state index is 11.9. The lowest BCUT2D eigenvalue weighted by atomic mass is 9.83. The number of imidazole rings is 1. The summed E-state index contributed by atoms with van der Waals surface area (Å²) in [5.41, 5.74) is 5.51. The number of nitrogens with one attached hydrogen (secondary N) is 1. The van der Waals surface area contributed by atoms with Crippen LogP contribution in [0.15, 0.2) is 11.4 Å². The number of nitrogens with zero attached hydrogens (tertiary/aromatic N) is 2. The van der Waals surface area contributed by atoms with Crippen LogP contribution in [0.5, 0.6) is 0 Å². The molecule has 8 heteroatoms. The average molecular weight is 260 g/mol. The van der Waals surface area contributed by atoms with E-state index < -0.39 is 10.0 Å². The Labute approximate surface area is 99.7 Å². The summed E-state index contributed by atoms with van der Waals surface area (Å²) < 4.78 is 27.7. The maximum Gasteiger partial charge on any atom is 0.260 e. The molecule has 1 saturated carbocycles. The average Bonchev–Trinajstić information content (AvgIpc) is 2.52. The molecule has 1 aromatic rings. The van der Waals surface area contributed by atoms with Crippen LogP contribution >= 0.6 is 0 Å². The first-order valence-electron chi connectivity index (χ1n) is 5.34. The SMILES string of the molecule is Cn1cnc(N)c1S(=O)(=O)NCC1CC(O)C1. The lowest BCUT2D eigenvalue weighted by Crippen LogP contribution is -2.38. The van der Waals surface area contributed by atoms with Gasteiger partial charge < -0.3 is 15.4 Å². The van der Waals surface area contributed by atoms with Gasteiger partial charge in [-0.05, 0) is 18.8 Å². The molecular weight excluding hydrogens is 244 g/mol. The van der Waals surface area contributed by atoms with E-state index in [9.17, 15) is 8.42 Å². The molecule has 1 fully saturated rings. The number of hydrogen-bond acceptors (Lipinski definition) is 5. The van der Waals surface area contributed by atoms with Gasteiger partial charge in [-0.1, -0.05) is 0 Å². The summed E-state index contributed by atoms with van der Waals surface area (Å²) in [5.74, 6) is 0.197. The van der Waals surface area contributed by atoms with Crippen LogP contribution in [-0.4, -0.2) is 35.7 Å². The number of aryl methyl sites for hydroxylation is 1. The van der Waals surface area contributed by atoms with Gasteiger partial charge in [0.05, 0.1) is 12.4 Å². The summed E-state index contributed by atoms with van der Waals surface area (Å²) in [5, 5.41) is 9.09. The van der Waals surface area contributed by atoms with Gasteiger partial charge in [-0.25, -0.2) is 18.1 Å². The van der Waals surface area contributed by atoms with E-state index in [2.05, 4.69) is 9.71 Å². The van der Waals surface area contributed by atoms with E-state index in [1.54, 1.807) is 7.05 Å². The molecule has 0 unspecified atom stereocenters. The number of aliphatic hydroxyl groups is 1. The Kier molecular flexibility index (Phi) is 3.11. The molecule has 0 atom stereocenters. The van der Waals surface area contributed by atoms with Gasteiger partial charge in [-0.2, -0.15) is 0 Å². The van der Waals surface area contributed by atoms with E-state index in [-0.39, 0.29) is 22.9 Å².